The van der Waals surface area contributed by atoms with Crippen molar-refractivity contribution < 1.29 is 23.9 Å². The van der Waals surface area contributed by atoms with E-state index in [1.807, 2.05) is 6.07 Å². The maximum absolute atomic E-state index is 15.1. The molecule has 3 N–H and O–H groups in total. The van der Waals surface area contributed by atoms with Crippen LogP contribution >= 0.6 is 0 Å². The number of hydrogen-bond acceptors (Lipinski definition) is 7. The SMILES string of the molecule is COc1ccc2c(Nc3ccc(C4(C(=O)NO)CCOCC4)c(F)c3)ccnc2n1. The lowest BCUT2D eigenvalue weighted by molar-refractivity contribution is -0.139. The Balaban J connectivity index is 1.67. The maximum atomic E-state index is 15.1. The zero-order valence-electron chi connectivity index (χ0n) is 16.3. The number of hydroxylamine groups is 1. The van der Waals surface area contributed by atoms with E-state index in [1.165, 1.54) is 13.2 Å². The van der Waals surface area contributed by atoms with Crippen molar-refractivity contribution in [2.24, 2.45) is 0 Å². The minimum Gasteiger partial charge on any atom is -0.481 e. The van der Waals surface area contributed by atoms with E-state index in [1.54, 1.807) is 35.9 Å². The number of aromatic nitrogens is 2. The first-order valence-electron chi connectivity index (χ1n) is 9.46. The van der Waals surface area contributed by atoms with Crippen LogP contribution in [-0.4, -0.2) is 41.4 Å². The quantitative estimate of drug-likeness (QED) is 0.437. The van der Waals surface area contributed by atoms with Gasteiger partial charge < -0.3 is 14.8 Å². The Morgan fingerprint density at radius 1 is 1.23 bits per heavy atom. The summed E-state index contributed by atoms with van der Waals surface area (Å²) in [6.07, 6.45) is 2.17. The predicted octanol–water partition coefficient (Wildman–Crippen LogP) is 3.07. The number of anilines is 2. The van der Waals surface area contributed by atoms with Gasteiger partial charge >= 0.3 is 0 Å². The molecule has 0 aliphatic carbocycles. The van der Waals surface area contributed by atoms with Crippen molar-refractivity contribution in [2.45, 2.75) is 18.3 Å². The fraction of sp³-hybridized carbons (Fsp3) is 0.286. The topological polar surface area (TPSA) is 106 Å². The fourth-order valence-electron chi connectivity index (χ4n) is 3.82. The van der Waals surface area contributed by atoms with Gasteiger partial charge in [0.15, 0.2) is 5.65 Å². The van der Waals surface area contributed by atoms with Crippen LogP contribution in [0.25, 0.3) is 11.0 Å². The van der Waals surface area contributed by atoms with E-state index >= 15 is 4.39 Å². The first-order chi connectivity index (χ1) is 14.6. The van der Waals surface area contributed by atoms with Crippen LogP contribution in [0.5, 0.6) is 5.88 Å². The van der Waals surface area contributed by atoms with Gasteiger partial charge in [-0.2, -0.15) is 4.98 Å². The molecule has 30 heavy (non-hydrogen) atoms. The summed E-state index contributed by atoms with van der Waals surface area (Å²) in [5.41, 5.74) is 2.46. The zero-order chi connectivity index (χ0) is 21.1. The third kappa shape index (κ3) is 3.53. The van der Waals surface area contributed by atoms with Gasteiger partial charge in [-0.3, -0.25) is 10.0 Å². The first kappa shape index (κ1) is 20.0. The number of rotatable bonds is 5. The van der Waals surface area contributed by atoms with E-state index in [0.29, 0.717) is 36.1 Å². The molecule has 1 aliphatic heterocycles. The summed E-state index contributed by atoms with van der Waals surface area (Å²) in [7, 11) is 1.53. The van der Waals surface area contributed by atoms with E-state index in [2.05, 4.69) is 15.3 Å². The van der Waals surface area contributed by atoms with Crippen molar-refractivity contribution in [1.29, 1.82) is 0 Å². The van der Waals surface area contributed by atoms with Gasteiger partial charge in [0.2, 0.25) is 5.88 Å². The second kappa shape index (κ2) is 8.21. The molecule has 0 saturated carbocycles. The third-order valence-corrected chi connectivity index (χ3v) is 5.43. The van der Waals surface area contributed by atoms with Crippen LogP contribution in [0.3, 0.4) is 0 Å². The summed E-state index contributed by atoms with van der Waals surface area (Å²) in [6.45, 7) is 0.624. The highest BCUT2D eigenvalue weighted by atomic mass is 19.1. The van der Waals surface area contributed by atoms with E-state index < -0.39 is 17.1 Å². The fourth-order valence-corrected chi connectivity index (χ4v) is 3.82. The van der Waals surface area contributed by atoms with Crippen molar-refractivity contribution >= 4 is 28.3 Å². The first-order valence-corrected chi connectivity index (χ1v) is 9.46. The molecule has 9 heteroatoms. The molecule has 8 nitrogen and oxygen atoms in total. The van der Waals surface area contributed by atoms with Crippen molar-refractivity contribution in [3.63, 3.8) is 0 Å². The Labute approximate surface area is 172 Å². The van der Waals surface area contributed by atoms with Gasteiger partial charge in [-0.05, 0) is 37.1 Å². The highest BCUT2D eigenvalue weighted by Crippen LogP contribution is 2.38. The standard InChI is InChI=1S/C21H21FN4O4/c1-29-18-5-3-14-17(6-9-23-19(14)25-18)24-13-2-4-15(16(22)12-13)21(20(27)26-28)7-10-30-11-8-21/h2-6,9,12,28H,7-8,10-11H2,1H3,(H,26,27)(H,23,24,25). The Morgan fingerprint density at radius 3 is 2.73 bits per heavy atom. The van der Waals surface area contributed by atoms with Crippen LogP contribution in [0.1, 0.15) is 18.4 Å². The predicted molar refractivity (Wildman–Crippen MR) is 107 cm³/mol. The number of ether oxygens (including phenoxy) is 2. The lowest BCUT2D eigenvalue weighted by Crippen LogP contribution is -2.47. The van der Waals surface area contributed by atoms with Gasteiger partial charge in [0.25, 0.3) is 5.91 Å². The number of halogens is 1. The van der Waals surface area contributed by atoms with Gasteiger partial charge in [-0.1, -0.05) is 6.07 Å². The average Bonchev–Trinajstić information content (AvgIpc) is 2.78. The van der Waals surface area contributed by atoms with Crippen LogP contribution in [0.2, 0.25) is 0 Å². The van der Waals surface area contributed by atoms with Gasteiger partial charge in [0.1, 0.15) is 5.82 Å². The molecule has 3 heterocycles. The van der Waals surface area contributed by atoms with E-state index in [0.717, 1.165) is 5.39 Å². The number of pyridine rings is 2. The second-order valence-corrected chi connectivity index (χ2v) is 7.04. The van der Waals surface area contributed by atoms with Gasteiger partial charge in [-0.25, -0.2) is 14.9 Å². The van der Waals surface area contributed by atoms with E-state index in [-0.39, 0.29) is 18.4 Å². The molecular weight excluding hydrogens is 391 g/mol. The lowest BCUT2D eigenvalue weighted by atomic mass is 9.73. The number of hydrogen-bond donors (Lipinski definition) is 3. The molecular formula is C21H21FN4O4. The van der Waals surface area contributed by atoms with Gasteiger partial charge in [0, 0.05) is 42.1 Å². The third-order valence-electron chi connectivity index (χ3n) is 5.43. The molecule has 1 amide bonds. The number of nitrogens with zero attached hydrogens (tertiary/aromatic N) is 2. The summed E-state index contributed by atoms with van der Waals surface area (Å²) in [6, 6.07) is 9.92. The number of carbonyl (C=O) groups excluding carboxylic acids is 1. The Bertz CT molecular complexity index is 1090. The zero-order valence-corrected chi connectivity index (χ0v) is 16.3. The van der Waals surface area contributed by atoms with Crippen molar-refractivity contribution in [3.8, 4) is 5.88 Å². The van der Waals surface area contributed by atoms with Crippen molar-refractivity contribution in [2.75, 3.05) is 25.6 Å². The molecule has 0 spiro atoms. The summed E-state index contributed by atoms with van der Waals surface area (Å²) < 4.78 is 25.6. The highest BCUT2D eigenvalue weighted by molar-refractivity contribution is 5.91. The number of benzene rings is 1. The number of carbonyl (C=O) groups is 1. The molecule has 2 aromatic heterocycles. The van der Waals surface area contributed by atoms with Crippen LogP contribution < -0.4 is 15.5 Å². The molecule has 4 rings (SSSR count). The highest BCUT2D eigenvalue weighted by Gasteiger charge is 2.43. The molecule has 1 fully saturated rings. The smallest absolute Gasteiger partial charge is 0.254 e. The van der Waals surface area contributed by atoms with E-state index in [4.69, 9.17) is 9.47 Å². The van der Waals surface area contributed by atoms with Crippen LogP contribution in [0.4, 0.5) is 15.8 Å². The van der Waals surface area contributed by atoms with E-state index in [9.17, 15) is 10.0 Å². The number of methoxy groups -OCH3 is 1. The summed E-state index contributed by atoms with van der Waals surface area (Å²) in [5, 5.41) is 13.1. The van der Waals surface area contributed by atoms with Crippen molar-refractivity contribution in [1.82, 2.24) is 15.4 Å². The van der Waals surface area contributed by atoms with Crippen LogP contribution in [-0.2, 0) is 14.9 Å². The minimum atomic E-state index is -1.17. The molecule has 3 aromatic rings. The average molecular weight is 412 g/mol. The lowest BCUT2D eigenvalue weighted by Gasteiger charge is -2.35. The molecule has 0 bridgehead atoms. The van der Waals surface area contributed by atoms with Gasteiger partial charge in [0.05, 0.1) is 18.2 Å². The monoisotopic (exact) mass is 412 g/mol. The number of nitrogens with one attached hydrogen (secondary N) is 2. The van der Waals surface area contributed by atoms with Crippen LogP contribution in [0, 0.1) is 5.82 Å². The molecule has 0 radical (unpaired) electrons. The molecule has 1 aliphatic rings. The summed E-state index contributed by atoms with van der Waals surface area (Å²) in [4.78, 5) is 20.9. The molecule has 1 saturated heterocycles. The van der Waals surface area contributed by atoms with Gasteiger partial charge in [-0.15, -0.1) is 0 Å². The molecule has 1 aromatic carbocycles. The number of amides is 1. The largest absolute Gasteiger partial charge is 0.481 e. The molecule has 0 atom stereocenters. The normalized spacial score (nSPS) is 15.6. The summed E-state index contributed by atoms with van der Waals surface area (Å²) >= 11 is 0. The Morgan fingerprint density at radius 2 is 2.03 bits per heavy atom. The Hall–Kier alpha value is -3.30. The minimum absolute atomic E-state index is 0.230. The maximum Gasteiger partial charge on any atom is 0.254 e. The Kier molecular flexibility index (Phi) is 5.47. The van der Waals surface area contributed by atoms with Crippen molar-refractivity contribution in [3.05, 3.63) is 54.0 Å². The number of fused-ring (bicyclic) bond motifs is 1. The second-order valence-electron chi connectivity index (χ2n) is 7.04. The summed E-state index contributed by atoms with van der Waals surface area (Å²) in [5.74, 6) is -0.722. The van der Waals surface area contributed by atoms with Crippen LogP contribution in [0.15, 0.2) is 42.6 Å². The molecule has 156 valence electrons. The molecule has 0 unspecified atom stereocenters.